The molecule has 0 fully saturated rings. The van der Waals surface area contributed by atoms with Gasteiger partial charge in [-0.05, 0) is 25.7 Å². The first-order chi connectivity index (χ1) is 7.84. The topological polar surface area (TPSA) is 0 Å². The highest BCUT2D eigenvalue weighted by Crippen LogP contribution is 2.25. The third-order valence-corrected chi connectivity index (χ3v) is 3.50. The minimum absolute atomic E-state index is 1.13. The minimum Gasteiger partial charge on any atom is -0.0654 e. The van der Waals surface area contributed by atoms with Crippen LogP contribution < -0.4 is 0 Å². The Morgan fingerprint density at radius 2 is 1.81 bits per heavy atom. The molecule has 0 aliphatic heterocycles. The van der Waals surface area contributed by atoms with Crippen molar-refractivity contribution in [2.75, 3.05) is 0 Å². The average molecular weight is 219 g/mol. The molecule has 0 bridgehead atoms. The molecule has 0 nitrogen and oxygen atoms in total. The Labute approximate surface area is 102 Å². The Bertz CT molecular complexity index is 222. The molecule has 0 aromatic rings. The molecule has 0 atom stereocenters. The summed E-state index contributed by atoms with van der Waals surface area (Å²) >= 11 is 0. The number of rotatable bonds is 7. The summed E-state index contributed by atoms with van der Waals surface area (Å²) in [6.07, 6.45) is 16.8. The van der Waals surface area contributed by atoms with E-state index in [1.165, 1.54) is 75.4 Å². The van der Waals surface area contributed by atoms with E-state index < -0.39 is 0 Å². The molecular weight excluding hydrogens is 192 g/mol. The summed E-state index contributed by atoms with van der Waals surface area (Å²) < 4.78 is 0. The first-order valence-electron chi connectivity index (χ1n) is 7.15. The maximum atomic E-state index is 6.09. The van der Waals surface area contributed by atoms with E-state index in [1.54, 1.807) is 0 Å². The van der Waals surface area contributed by atoms with Crippen molar-refractivity contribution in [1.29, 1.82) is 0 Å². The smallest absolute Gasteiger partial charge is 0.0654 e. The van der Waals surface area contributed by atoms with Crippen LogP contribution in [0, 0.1) is 6.58 Å². The molecule has 16 heavy (non-hydrogen) atoms. The van der Waals surface area contributed by atoms with Crippen LogP contribution in [0.15, 0.2) is 17.2 Å². The number of unbranched alkanes of at least 4 members (excludes halogenated alkanes) is 5. The highest BCUT2D eigenvalue weighted by atomic mass is 14.1. The van der Waals surface area contributed by atoms with E-state index in [1.807, 2.05) is 0 Å². The van der Waals surface area contributed by atoms with Crippen molar-refractivity contribution in [3.63, 3.8) is 0 Å². The lowest BCUT2D eigenvalue weighted by Gasteiger charge is -2.00. The van der Waals surface area contributed by atoms with E-state index in [-0.39, 0.29) is 0 Å². The van der Waals surface area contributed by atoms with Crippen LogP contribution in [0.1, 0.15) is 77.6 Å². The van der Waals surface area contributed by atoms with Crippen LogP contribution in [-0.4, -0.2) is 0 Å². The molecule has 0 heteroatoms. The second-order valence-corrected chi connectivity index (χ2v) is 5.02. The quantitative estimate of drug-likeness (QED) is 0.386. The summed E-state index contributed by atoms with van der Waals surface area (Å²) in [5, 5.41) is 0. The molecule has 1 rings (SSSR count). The summed E-state index contributed by atoms with van der Waals surface area (Å²) in [7, 11) is 0. The minimum atomic E-state index is 1.13. The van der Waals surface area contributed by atoms with Crippen LogP contribution in [0.4, 0.5) is 0 Å². The molecule has 0 spiro atoms. The van der Waals surface area contributed by atoms with Crippen molar-refractivity contribution >= 4 is 0 Å². The molecule has 0 amide bonds. The largest absolute Gasteiger partial charge is 0.166 e. The first-order valence-corrected chi connectivity index (χ1v) is 7.15. The molecule has 0 unspecified atom stereocenters. The fourth-order valence-electron chi connectivity index (χ4n) is 2.39. The zero-order valence-electron chi connectivity index (χ0n) is 10.9. The number of allylic oxidation sites excluding steroid dienone is 3. The van der Waals surface area contributed by atoms with Gasteiger partial charge in [-0.2, -0.15) is 0 Å². The third-order valence-electron chi connectivity index (χ3n) is 3.50. The van der Waals surface area contributed by atoms with Gasteiger partial charge < -0.3 is 0 Å². The molecule has 1 aliphatic rings. The van der Waals surface area contributed by atoms with Crippen molar-refractivity contribution in [3.05, 3.63) is 23.8 Å². The fraction of sp³-hybridized carbons (Fsp3) is 0.750. The normalized spacial score (nSPS) is 17.0. The van der Waals surface area contributed by atoms with Gasteiger partial charge in [0.05, 0.1) is 12.2 Å². The Morgan fingerprint density at radius 3 is 2.62 bits per heavy atom. The Hall–Kier alpha value is -0.610. The number of hydrogen-bond donors (Lipinski definition) is 0. The molecule has 0 saturated carbocycles. The Balaban J connectivity index is 2.11. The zero-order valence-corrected chi connectivity index (χ0v) is 10.9. The van der Waals surface area contributed by atoms with Crippen molar-refractivity contribution < 1.29 is 0 Å². The molecule has 0 aromatic carbocycles. The van der Waals surface area contributed by atoms with E-state index in [2.05, 4.69) is 13.0 Å². The first kappa shape index (κ1) is 13.5. The van der Waals surface area contributed by atoms with Crippen molar-refractivity contribution in [2.45, 2.75) is 77.6 Å². The molecule has 0 heterocycles. The third kappa shape index (κ3) is 5.47. The van der Waals surface area contributed by atoms with Crippen LogP contribution >= 0.6 is 0 Å². The predicted molar refractivity (Wildman–Crippen MR) is 72.4 cm³/mol. The van der Waals surface area contributed by atoms with E-state index in [0.29, 0.717) is 0 Å². The zero-order chi connectivity index (χ0) is 11.6. The van der Waals surface area contributed by atoms with Gasteiger partial charge in [0.1, 0.15) is 0 Å². The molecule has 0 aromatic heterocycles. The Kier molecular flexibility index (Phi) is 7.17. The maximum absolute atomic E-state index is 6.09. The molecule has 0 saturated heterocycles. The molecule has 90 valence electrons. The van der Waals surface area contributed by atoms with Crippen LogP contribution in [0.5, 0.6) is 0 Å². The van der Waals surface area contributed by atoms with Crippen LogP contribution in [0.2, 0.25) is 0 Å². The lowest BCUT2D eigenvalue weighted by molar-refractivity contribution is 0.606. The van der Waals surface area contributed by atoms with Crippen molar-refractivity contribution in [2.24, 2.45) is 0 Å². The van der Waals surface area contributed by atoms with E-state index >= 15 is 0 Å². The second kappa shape index (κ2) is 8.53. The summed E-state index contributed by atoms with van der Waals surface area (Å²) in [6, 6.07) is 0. The highest BCUT2D eigenvalue weighted by Gasteiger charge is 2.15. The maximum Gasteiger partial charge on any atom is 0.166 e. The fourth-order valence-corrected chi connectivity index (χ4v) is 2.39. The Morgan fingerprint density at radius 1 is 1.06 bits per heavy atom. The average Bonchev–Trinajstić information content (AvgIpc) is 2.49. The standard InChI is InChI=1S/C16H27/c1-3-4-5-6-7-10-13-16-14-11-8-9-12-15(16)2/h2,14H,3-13H2,1H3/q+1. The highest BCUT2D eigenvalue weighted by molar-refractivity contribution is 5.27. The molecule has 1 aliphatic carbocycles. The SMILES string of the molecule is [CH+]=C1CCCCC=C1CCCCCCCC. The molecule has 0 radical (unpaired) electrons. The van der Waals surface area contributed by atoms with Gasteiger partial charge in [0, 0.05) is 18.9 Å². The monoisotopic (exact) mass is 219 g/mol. The van der Waals surface area contributed by atoms with Crippen molar-refractivity contribution in [1.82, 2.24) is 0 Å². The van der Waals surface area contributed by atoms with Gasteiger partial charge >= 0.3 is 0 Å². The summed E-state index contributed by atoms with van der Waals surface area (Å²) in [6.45, 7) is 8.36. The van der Waals surface area contributed by atoms with Crippen LogP contribution in [-0.2, 0) is 0 Å². The summed E-state index contributed by atoms with van der Waals surface area (Å²) in [4.78, 5) is 0. The van der Waals surface area contributed by atoms with Crippen molar-refractivity contribution in [3.8, 4) is 0 Å². The van der Waals surface area contributed by atoms with Crippen LogP contribution in [0.3, 0.4) is 0 Å². The predicted octanol–water partition coefficient (Wildman–Crippen LogP) is 5.60. The lowest BCUT2D eigenvalue weighted by atomic mass is 9.98. The molecular formula is C16H27+. The van der Waals surface area contributed by atoms with Gasteiger partial charge in [0.15, 0.2) is 5.57 Å². The van der Waals surface area contributed by atoms with E-state index in [0.717, 1.165) is 6.42 Å². The van der Waals surface area contributed by atoms with E-state index in [4.69, 9.17) is 6.58 Å². The van der Waals surface area contributed by atoms with Gasteiger partial charge in [-0.15, -0.1) is 0 Å². The molecule has 0 N–H and O–H groups in total. The summed E-state index contributed by atoms with van der Waals surface area (Å²) in [5.74, 6) is 0. The van der Waals surface area contributed by atoms with E-state index in [9.17, 15) is 0 Å². The van der Waals surface area contributed by atoms with Crippen LogP contribution in [0.25, 0.3) is 0 Å². The van der Waals surface area contributed by atoms with Gasteiger partial charge in [0.2, 0.25) is 0 Å². The van der Waals surface area contributed by atoms with Gasteiger partial charge in [-0.3, -0.25) is 0 Å². The van der Waals surface area contributed by atoms with Gasteiger partial charge in [0.25, 0.3) is 0 Å². The summed E-state index contributed by atoms with van der Waals surface area (Å²) in [5.41, 5.74) is 2.64. The lowest BCUT2D eigenvalue weighted by Crippen LogP contribution is -1.88. The van der Waals surface area contributed by atoms with Gasteiger partial charge in [-0.1, -0.05) is 39.0 Å². The number of hydrogen-bond acceptors (Lipinski definition) is 0. The van der Waals surface area contributed by atoms with Gasteiger partial charge in [-0.25, -0.2) is 0 Å². The second-order valence-electron chi connectivity index (χ2n) is 5.02.